The van der Waals surface area contributed by atoms with Crippen LogP contribution in [-0.4, -0.2) is 70.0 Å². The van der Waals surface area contributed by atoms with Crippen molar-refractivity contribution >= 4 is 13.3 Å². The molecule has 0 fully saturated rings. The van der Waals surface area contributed by atoms with Crippen LogP contribution in [0.3, 0.4) is 0 Å². The molecule has 0 aliphatic rings. The normalized spacial score (nSPS) is 10.3. The fourth-order valence-corrected chi connectivity index (χ4v) is 2.63. The highest BCUT2D eigenvalue weighted by atomic mass is 16.5. The number of aliphatic hydroxyl groups is 2. The molecule has 0 bridgehead atoms. The van der Waals surface area contributed by atoms with Gasteiger partial charge in [-0.05, 0) is 32.1 Å². The first kappa shape index (κ1) is 34.6. The van der Waals surface area contributed by atoms with E-state index in [0.717, 1.165) is 12.8 Å². The maximum Gasteiger partial charge on any atom is 0.631 e. The molecule has 0 amide bonds. The van der Waals surface area contributed by atoms with Gasteiger partial charge in [0.1, 0.15) is 0 Å². The molecule has 0 unspecified atom stereocenters. The van der Waals surface area contributed by atoms with E-state index in [0.29, 0.717) is 19.5 Å². The van der Waals surface area contributed by atoms with Crippen LogP contribution in [0.2, 0.25) is 0 Å². The van der Waals surface area contributed by atoms with Crippen LogP contribution >= 0.6 is 0 Å². The molecular weight excluding hydrogens is 401 g/mol. The summed E-state index contributed by atoms with van der Waals surface area (Å²) in [6.07, 6.45) is 21.2. The van der Waals surface area contributed by atoms with Gasteiger partial charge in [0, 0.05) is 19.5 Å². The predicted molar refractivity (Wildman–Crippen MR) is 127 cm³/mol. The lowest BCUT2D eigenvalue weighted by atomic mass is 10.1. The fraction of sp³-hybridized carbons (Fsp3) is 0.864. The van der Waals surface area contributed by atoms with Crippen molar-refractivity contribution in [1.82, 2.24) is 5.32 Å². The minimum absolute atomic E-state index is 0.139. The van der Waals surface area contributed by atoms with Crippen LogP contribution in [0, 0.1) is 0 Å². The number of hydrogen-bond acceptors (Lipinski definition) is 7. The molecule has 9 heteroatoms. The summed E-state index contributed by atoms with van der Waals surface area (Å²) in [5.41, 5.74) is 0. The van der Waals surface area contributed by atoms with Crippen molar-refractivity contribution in [3.05, 3.63) is 12.2 Å². The average Bonchev–Trinajstić information content (AvgIpc) is 2.71. The zero-order valence-corrected chi connectivity index (χ0v) is 19.6. The van der Waals surface area contributed by atoms with E-state index in [1.165, 1.54) is 70.6 Å². The first-order chi connectivity index (χ1) is 14.9. The summed E-state index contributed by atoms with van der Waals surface area (Å²) in [6, 6.07) is 0. The minimum atomic E-state index is -2.17. The number of nitrogens with one attached hydrogen (secondary N) is 1. The van der Waals surface area contributed by atoms with Crippen molar-refractivity contribution < 1.29 is 35.2 Å². The summed E-state index contributed by atoms with van der Waals surface area (Å²) in [5.74, 6) is -0.664. The van der Waals surface area contributed by atoms with Crippen molar-refractivity contribution in [3.8, 4) is 0 Å². The van der Waals surface area contributed by atoms with Gasteiger partial charge in [-0.3, -0.25) is 4.79 Å². The standard InChI is InChI=1S/C18H34O2.C4H11NO2.BH3O3/c1-2-3-4-5-6-7-8-9-10-11-12-13-14-15-16-17-18(19)20;6-3-1-5-2-4-7;2-1(3)4/h9-10H,2-8,11-17H2,1H3,(H,19,20);5-7H,1-4H2;2-4H. The van der Waals surface area contributed by atoms with Crippen LogP contribution in [0.25, 0.3) is 0 Å². The Morgan fingerprint density at radius 2 is 1.13 bits per heavy atom. The highest BCUT2D eigenvalue weighted by Gasteiger charge is 1.96. The second-order valence-corrected chi connectivity index (χ2v) is 7.27. The van der Waals surface area contributed by atoms with Gasteiger partial charge in [-0.25, -0.2) is 0 Å². The molecule has 186 valence electrons. The van der Waals surface area contributed by atoms with Gasteiger partial charge in [0.2, 0.25) is 0 Å². The molecule has 7 N–H and O–H groups in total. The smallest absolute Gasteiger partial charge is 0.481 e. The highest BCUT2D eigenvalue weighted by molar-refractivity contribution is 6.30. The number of aliphatic hydroxyl groups excluding tert-OH is 2. The van der Waals surface area contributed by atoms with Crippen molar-refractivity contribution in [2.75, 3.05) is 26.3 Å². The Labute approximate surface area is 189 Å². The SMILES string of the molecule is CCCCCCCCC=CCCCCCCCC(=O)O.OB(O)O.OCCNCCO. The molecule has 0 rings (SSSR count). The Hall–Kier alpha value is -0.965. The van der Waals surface area contributed by atoms with E-state index in [1.807, 2.05) is 0 Å². The fourth-order valence-electron chi connectivity index (χ4n) is 2.63. The van der Waals surface area contributed by atoms with E-state index in [1.54, 1.807) is 0 Å². The Morgan fingerprint density at radius 3 is 1.52 bits per heavy atom. The molecular formula is C22H48BNO7. The van der Waals surface area contributed by atoms with E-state index in [2.05, 4.69) is 24.4 Å². The maximum atomic E-state index is 10.3. The Kier molecular flexibility index (Phi) is 37.6. The zero-order valence-electron chi connectivity index (χ0n) is 19.6. The molecule has 0 radical (unpaired) electrons. The van der Waals surface area contributed by atoms with E-state index in [4.69, 9.17) is 30.4 Å². The zero-order chi connectivity index (χ0) is 24.0. The van der Waals surface area contributed by atoms with Crippen molar-refractivity contribution in [2.45, 2.75) is 96.8 Å². The molecule has 0 aromatic rings. The van der Waals surface area contributed by atoms with Crippen molar-refractivity contribution in [2.24, 2.45) is 0 Å². The quantitative estimate of drug-likeness (QED) is 0.0903. The molecule has 0 aliphatic carbocycles. The topological polar surface area (TPSA) is 150 Å². The molecule has 0 saturated carbocycles. The summed E-state index contributed by atoms with van der Waals surface area (Å²) in [5, 5.41) is 49.1. The second kappa shape index (κ2) is 33.7. The number of carbonyl (C=O) groups is 1. The number of aliphatic carboxylic acids is 1. The number of carboxylic acids is 1. The van der Waals surface area contributed by atoms with Crippen molar-refractivity contribution in [3.63, 3.8) is 0 Å². The maximum absolute atomic E-state index is 10.3. The van der Waals surface area contributed by atoms with Crippen molar-refractivity contribution in [1.29, 1.82) is 0 Å². The third-order valence-electron chi connectivity index (χ3n) is 4.23. The largest absolute Gasteiger partial charge is 0.631 e. The number of unbranched alkanes of at least 4 members (excludes halogenated alkanes) is 11. The lowest BCUT2D eigenvalue weighted by molar-refractivity contribution is -0.137. The lowest BCUT2D eigenvalue weighted by Crippen LogP contribution is -2.21. The molecule has 0 spiro atoms. The van der Waals surface area contributed by atoms with Crippen LogP contribution in [0.15, 0.2) is 12.2 Å². The molecule has 0 saturated heterocycles. The molecule has 0 aliphatic heterocycles. The van der Waals surface area contributed by atoms with Gasteiger partial charge in [-0.2, -0.15) is 0 Å². The molecule has 8 nitrogen and oxygen atoms in total. The first-order valence-electron chi connectivity index (χ1n) is 11.8. The number of carboxylic acid groups (broad SMARTS) is 1. The third kappa shape index (κ3) is 52.9. The van der Waals surface area contributed by atoms with Crippen LogP contribution in [0.4, 0.5) is 0 Å². The molecule has 0 aromatic heterocycles. The van der Waals surface area contributed by atoms with E-state index in [9.17, 15) is 4.79 Å². The predicted octanol–water partition coefficient (Wildman–Crippen LogP) is 2.62. The van der Waals surface area contributed by atoms with Gasteiger partial charge in [0.05, 0.1) is 13.2 Å². The number of hydrogen-bond donors (Lipinski definition) is 7. The molecule has 31 heavy (non-hydrogen) atoms. The minimum Gasteiger partial charge on any atom is -0.481 e. The monoisotopic (exact) mass is 449 g/mol. The van der Waals surface area contributed by atoms with E-state index >= 15 is 0 Å². The second-order valence-electron chi connectivity index (χ2n) is 7.27. The average molecular weight is 449 g/mol. The number of rotatable bonds is 19. The summed E-state index contributed by atoms with van der Waals surface area (Å²) < 4.78 is 0. The Balaban J connectivity index is -0.000000585. The van der Waals surface area contributed by atoms with E-state index in [-0.39, 0.29) is 13.2 Å². The molecule has 0 aromatic carbocycles. The third-order valence-corrected chi connectivity index (χ3v) is 4.23. The number of allylic oxidation sites excluding steroid dienone is 2. The van der Waals surface area contributed by atoms with Gasteiger partial charge >= 0.3 is 13.3 Å². The van der Waals surface area contributed by atoms with Gasteiger partial charge in [0.15, 0.2) is 0 Å². The van der Waals surface area contributed by atoms with Crippen LogP contribution in [-0.2, 0) is 4.79 Å². The van der Waals surface area contributed by atoms with Gasteiger partial charge < -0.3 is 35.7 Å². The summed E-state index contributed by atoms with van der Waals surface area (Å²) in [6.45, 7) is 3.68. The Bertz CT molecular complexity index is 352. The Morgan fingerprint density at radius 1 is 0.742 bits per heavy atom. The van der Waals surface area contributed by atoms with Crippen LogP contribution in [0.1, 0.15) is 96.8 Å². The molecule has 0 atom stereocenters. The summed E-state index contributed by atoms with van der Waals surface area (Å²) in [4.78, 5) is 10.3. The van der Waals surface area contributed by atoms with E-state index < -0.39 is 13.3 Å². The first-order valence-corrected chi connectivity index (χ1v) is 11.8. The molecule has 0 heterocycles. The van der Waals surface area contributed by atoms with Gasteiger partial charge in [-0.1, -0.05) is 70.4 Å². The van der Waals surface area contributed by atoms with Crippen LogP contribution < -0.4 is 5.32 Å². The summed E-state index contributed by atoms with van der Waals surface area (Å²) in [7, 11) is -2.17. The van der Waals surface area contributed by atoms with Gasteiger partial charge in [0.25, 0.3) is 0 Å². The van der Waals surface area contributed by atoms with Gasteiger partial charge in [-0.15, -0.1) is 0 Å². The lowest BCUT2D eigenvalue weighted by Gasteiger charge is -1.99. The highest BCUT2D eigenvalue weighted by Crippen LogP contribution is 2.09. The summed E-state index contributed by atoms with van der Waals surface area (Å²) >= 11 is 0. The van der Waals surface area contributed by atoms with Crippen LogP contribution in [0.5, 0.6) is 0 Å².